The zero-order chi connectivity index (χ0) is 24.9. The molecule has 0 bridgehead atoms. The van der Waals surface area contributed by atoms with Gasteiger partial charge >= 0.3 is 7.04 Å². The van der Waals surface area contributed by atoms with Crippen LogP contribution in [0.15, 0.2) is 54.6 Å². The van der Waals surface area contributed by atoms with Gasteiger partial charge in [0.1, 0.15) is 18.0 Å². The largest absolute Gasteiger partial charge is 0.828 e. The van der Waals surface area contributed by atoms with Crippen molar-refractivity contribution in [1.82, 2.24) is 0 Å². The van der Waals surface area contributed by atoms with E-state index in [0.717, 1.165) is 30.9 Å². The predicted octanol–water partition coefficient (Wildman–Crippen LogP) is 8.86. The van der Waals surface area contributed by atoms with Gasteiger partial charge in [-0.25, -0.2) is 0 Å². The maximum Gasteiger partial charge on any atom is 0.828 e. The highest BCUT2D eigenvalue weighted by Crippen LogP contribution is 2.47. The summed E-state index contributed by atoms with van der Waals surface area (Å²) in [4.78, 5) is 6.75. The van der Waals surface area contributed by atoms with Crippen molar-refractivity contribution in [3.05, 3.63) is 84.6 Å². The van der Waals surface area contributed by atoms with E-state index in [2.05, 4.69) is 39.8 Å². The fraction of sp³-hybridized carbons (Fsp3) is 0.222. The zero-order valence-electron chi connectivity index (χ0n) is 20.3. The number of nitrogens with zero attached hydrogens (tertiary/aromatic N) is 1. The molecular formula is C27H26BF2NOS3. The lowest BCUT2D eigenvalue weighted by molar-refractivity contribution is -0.458. The smallest absolute Gasteiger partial charge is 0.599 e. The van der Waals surface area contributed by atoms with E-state index in [1.54, 1.807) is 35.7 Å². The number of allylic oxidation sites excluding steroid dienone is 1. The molecule has 0 N–H and O–H groups in total. The van der Waals surface area contributed by atoms with Crippen LogP contribution in [0.4, 0.5) is 8.63 Å². The fourth-order valence-electron chi connectivity index (χ4n) is 4.57. The van der Waals surface area contributed by atoms with E-state index in [4.69, 9.17) is 4.65 Å². The Balaban J connectivity index is 1.62. The molecule has 3 aromatic heterocycles. The Morgan fingerprint density at radius 2 is 1.43 bits per heavy atom. The van der Waals surface area contributed by atoms with Gasteiger partial charge in [0, 0.05) is 54.1 Å². The molecule has 180 valence electrons. The fourth-order valence-corrected chi connectivity index (χ4v) is 7.71. The van der Waals surface area contributed by atoms with Crippen LogP contribution in [-0.2, 0) is 11.2 Å². The molecule has 4 aromatic rings. The van der Waals surface area contributed by atoms with E-state index >= 15 is 8.63 Å². The molecule has 1 aliphatic heterocycles. The highest BCUT2D eigenvalue weighted by atomic mass is 32.1. The summed E-state index contributed by atoms with van der Waals surface area (Å²) in [5, 5.41) is 0. The summed E-state index contributed by atoms with van der Waals surface area (Å²) >= 11 is 5.05. The lowest BCUT2D eigenvalue weighted by Gasteiger charge is -2.29. The van der Waals surface area contributed by atoms with Crippen LogP contribution < -0.4 is 0 Å². The Kier molecular flexibility index (Phi) is 6.32. The minimum absolute atomic E-state index is 0.102. The molecule has 0 aliphatic carbocycles. The topological polar surface area (TPSA) is 12.2 Å². The van der Waals surface area contributed by atoms with Crippen molar-refractivity contribution in [2.45, 2.75) is 41.2 Å². The van der Waals surface area contributed by atoms with Gasteiger partial charge in [0.2, 0.25) is 0 Å². The van der Waals surface area contributed by atoms with Crippen LogP contribution in [0.25, 0.3) is 27.3 Å². The summed E-state index contributed by atoms with van der Waals surface area (Å²) in [7, 11) is -4.21. The molecular weight excluding hydrogens is 499 g/mol. The summed E-state index contributed by atoms with van der Waals surface area (Å²) < 4.78 is 37.2. The number of hydrogen-bond acceptors (Lipinski definition) is 4. The SMILES string of the molecule is CC1=[N+](Cc2ccccc2)[B-](F)(F)OC(c2cc(-c3cc(C)sc3C)c(-c3cc(C)sc3C)s2)=C1. The normalized spacial score (nSPS) is 15.3. The van der Waals surface area contributed by atoms with Gasteiger partial charge in [0.05, 0.1) is 4.88 Å². The molecule has 0 atom stereocenters. The molecule has 5 rings (SSSR count). The third-order valence-corrected chi connectivity index (χ3v) is 9.33. The van der Waals surface area contributed by atoms with Crippen molar-refractivity contribution in [3.63, 3.8) is 0 Å². The monoisotopic (exact) mass is 525 g/mol. The Hall–Kier alpha value is -2.55. The summed E-state index contributed by atoms with van der Waals surface area (Å²) in [5.41, 5.74) is 4.73. The van der Waals surface area contributed by atoms with Crippen molar-refractivity contribution >= 4 is 52.5 Å². The minimum Gasteiger partial charge on any atom is -0.599 e. The summed E-state index contributed by atoms with van der Waals surface area (Å²) in [6.45, 7) is 10.3. The van der Waals surface area contributed by atoms with Crippen molar-refractivity contribution in [3.8, 4) is 21.6 Å². The van der Waals surface area contributed by atoms with Gasteiger partial charge < -0.3 is 17.8 Å². The Bertz CT molecular complexity index is 1410. The van der Waals surface area contributed by atoms with Gasteiger partial charge in [0.25, 0.3) is 0 Å². The molecule has 1 aromatic carbocycles. The molecule has 0 unspecified atom stereocenters. The molecule has 1 aliphatic rings. The van der Waals surface area contributed by atoms with Crippen LogP contribution in [0.2, 0.25) is 0 Å². The second kappa shape index (κ2) is 9.15. The van der Waals surface area contributed by atoms with Gasteiger partial charge in [-0.3, -0.25) is 0 Å². The first kappa shape index (κ1) is 24.2. The van der Waals surface area contributed by atoms with E-state index in [9.17, 15) is 0 Å². The molecule has 0 amide bonds. The first-order valence-corrected chi connectivity index (χ1v) is 13.9. The molecule has 35 heavy (non-hydrogen) atoms. The number of hydrogen-bond donors (Lipinski definition) is 0. The van der Waals surface area contributed by atoms with E-state index in [-0.39, 0.29) is 12.3 Å². The molecule has 8 heteroatoms. The summed E-state index contributed by atoms with van der Waals surface area (Å²) in [6.07, 6.45) is 1.75. The highest BCUT2D eigenvalue weighted by Gasteiger charge is 2.50. The Morgan fingerprint density at radius 1 is 0.800 bits per heavy atom. The van der Waals surface area contributed by atoms with Crippen LogP contribution in [0, 0.1) is 27.7 Å². The minimum atomic E-state index is -4.21. The second-order valence-corrected chi connectivity index (χ2v) is 12.9. The van der Waals surface area contributed by atoms with Crippen molar-refractivity contribution in [2.24, 2.45) is 0 Å². The van der Waals surface area contributed by atoms with Crippen molar-refractivity contribution in [1.29, 1.82) is 0 Å². The molecule has 0 saturated heterocycles. The van der Waals surface area contributed by atoms with E-state index in [1.807, 2.05) is 36.4 Å². The molecule has 2 nitrogen and oxygen atoms in total. The van der Waals surface area contributed by atoms with Gasteiger partial charge in [-0.05, 0) is 51.5 Å². The summed E-state index contributed by atoms with van der Waals surface area (Å²) in [5.74, 6) is 0.239. The van der Waals surface area contributed by atoms with Crippen LogP contribution in [0.3, 0.4) is 0 Å². The first-order chi connectivity index (χ1) is 16.6. The summed E-state index contributed by atoms with van der Waals surface area (Å²) in [6, 6.07) is 15.7. The lowest BCUT2D eigenvalue weighted by Crippen LogP contribution is -2.46. The van der Waals surface area contributed by atoms with Crippen molar-refractivity contribution < 1.29 is 17.8 Å². The number of aryl methyl sites for hydroxylation is 4. The second-order valence-electron chi connectivity index (χ2n) is 8.95. The van der Waals surface area contributed by atoms with Gasteiger partial charge in [-0.1, -0.05) is 30.3 Å². The average Bonchev–Trinajstić information content (AvgIpc) is 3.46. The van der Waals surface area contributed by atoms with Crippen LogP contribution in [0.5, 0.6) is 0 Å². The van der Waals surface area contributed by atoms with Crippen LogP contribution in [0.1, 0.15) is 36.9 Å². The molecule has 0 fully saturated rings. The molecule has 0 saturated carbocycles. The zero-order valence-corrected chi connectivity index (χ0v) is 22.8. The maximum atomic E-state index is 15.3. The van der Waals surface area contributed by atoms with Gasteiger partial charge in [-0.15, -0.1) is 34.0 Å². The van der Waals surface area contributed by atoms with E-state index in [1.165, 1.54) is 36.4 Å². The number of thiophene rings is 3. The van der Waals surface area contributed by atoms with Gasteiger partial charge in [-0.2, -0.15) is 0 Å². The lowest BCUT2D eigenvalue weighted by atomic mass is 9.97. The standard InChI is InChI=1S/C27H26BF2NOS3/c1-16-11-25(32-28(29,30)31(16)15-21-9-7-6-8-10-21)26-14-24(22-12-17(2)33-19(22)4)27(35-26)23-13-18(3)34-20(23)5/h6-14H,15H2,1-5H3. The number of rotatable bonds is 5. The first-order valence-electron chi connectivity index (χ1n) is 11.5. The van der Waals surface area contributed by atoms with Crippen molar-refractivity contribution in [2.75, 3.05) is 0 Å². The van der Waals surface area contributed by atoms with Crippen LogP contribution in [-0.4, -0.2) is 17.2 Å². The predicted molar refractivity (Wildman–Crippen MR) is 148 cm³/mol. The molecule has 4 heterocycles. The van der Waals surface area contributed by atoms with E-state index in [0.29, 0.717) is 5.71 Å². The molecule has 0 spiro atoms. The quantitative estimate of drug-likeness (QED) is 0.237. The highest BCUT2D eigenvalue weighted by molar-refractivity contribution is 7.18. The van der Waals surface area contributed by atoms with E-state index < -0.39 is 7.04 Å². The van der Waals surface area contributed by atoms with Gasteiger partial charge in [0.15, 0.2) is 0 Å². The average molecular weight is 526 g/mol. The third kappa shape index (κ3) is 4.67. The van der Waals surface area contributed by atoms with Crippen LogP contribution >= 0.6 is 34.0 Å². The number of benzene rings is 1. The maximum absolute atomic E-state index is 15.3. The third-order valence-electron chi connectivity index (χ3n) is 6.21. The number of halogens is 2. The Labute approximate surface area is 216 Å². The molecule has 0 radical (unpaired) electrons. The Morgan fingerprint density at radius 3 is 2.00 bits per heavy atom.